The van der Waals surface area contributed by atoms with Crippen molar-refractivity contribution in [2.45, 2.75) is 57.4 Å². The van der Waals surface area contributed by atoms with Crippen molar-refractivity contribution in [3.05, 3.63) is 65.2 Å². The van der Waals surface area contributed by atoms with Crippen molar-refractivity contribution in [3.63, 3.8) is 0 Å². The van der Waals surface area contributed by atoms with Crippen molar-refractivity contribution in [1.82, 2.24) is 15.5 Å². The molecule has 6 heteroatoms. The number of hydrogen-bond acceptors (Lipinski definition) is 5. The lowest BCUT2D eigenvalue weighted by Crippen LogP contribution is -2.51. The number of carbonyl (C=O) groups excluding carboxylic acids is 2. The fourth-order valence-electron chi connectivity index (χ4n) is 5.57. The van der Waals surface area contributed by atoms with Crippen molar-refractivity contribution in [2.24, 2.45) is 0 Å². The van der Waals surface area contributed by atoms with Crippen LogP contribution in [0.1, 0.15) is 66.9 Å². The van der Waals surface area contributed by atoms with Crippen LogP contribution in [-0.4, -0.2) is 68.4 Å². The summed E-state index contributed by atoms with van der Waals surface area (Å²) >= 11 is 0. The molecule has 1 amide bonds. The number of anilines is 1. The minimum absolute atomic E-state index is 0.129. The molecule has 6 nitrogen and oxygen atoms in total. The Hall–Kier alpha value is -2.70. The third-order valence-electron chi connectivity index (χ3n) is 8.15. The van der Waals surface area contributed by atoms with Crippen LogP contribution in [0.15, 0.2) is 48.5 Å². The predicted molar refractivity (Wildman–Crippen MR) is 147 cm³/mol. The van der Waals surface area contributed by atoms with Crippen LogP contribution in [-0.2, 0) is 11.2 Å². The van der Waals surface area contributed by atoms with Gasteiger partial charge in [0.25, 0.3) is 0 Å². The number of amides is 1. The molecule has 36 heavy (non-hydrogen) atoms. The van der Waals surface area contributed by atoms with Gasteiger partial charge in [0.15, 0.2) is 5.78 Å². The smallest absolute Gasteiger partial charge is 0.229 e. The summed E-state index contributed by atoms with van der Waals surface area (Å²) in [5, 5.41) is 6.66. The number of rotatable bonds is 9. The molecule has 2 unspecified atom stereocenters. The van der Waals surface area contributed by atoms with E-state index in [4.69, 9.17) is 0 Å². The van der Waals surface area contributed by atoms with E-state index in [1.54, 1.807) is 0 Å². The Labute approximate surface area is 216 Å². The molecule has 0 aliphatic carbocycles. The minimum atomic E-state index is -0.670. The van der Waals surface area contributed by atoms with Gasteiger partial charge in [-0.05, 0) is 81.5 Å². The maximum Gasteiger partial charge on any atom is 0.229 e. The van der Waals surface area contributed by atoms with Gasteiger partial charge in [0.05, 0.1) is 11.5 Å². The Bertz CT molecular complexity index is 1000. The van der Waals surface area contributed by atoms with Gasteiger partial charge in [-0.2, -0.15) is 0 Å². The highest BCUT2D eigenvalue weighted by Crippen LogP contribution is 2.27. The molecule has 4 rings (SSSR count). The first-order chi connectivity index (χ1) is 17.5. The molecule has 194 valence electrons. The van der Waals surface area contributed by atoms with Crippen LogP contribution in [0.4, 0.5) is 5.69 Å². The zero-order valence-electron chi connectivity index (χ0n) is 22.2. The fraction of sp³-hybridized carbons (Fsp3) is 0.533. The molecule has 0 bridgehead atoms. The molecule has 2 N–H and O–H groups in total. The van der Waals surface area contributed by atoms with Crippen LogP contribution in [0, 0.1) is 0 Å². The van der Waals surface area contributed by atoms with E-state index in [-0.39, 0.29) is 17.6 Å². The Balaban J connectivity index is 1.45. The van der Waals surface area contributed by atoms with E-state index in [1.165, 1.54) is 24.9 Å². The van der Waals surface area contributed by atoms with E-state index >= 15 is 0 Å². The Morgan fingerprint density at radius 1 is 0.944 bits per heavy atom. The lowest BCUT2D eigenvalue weighted by atomic mass is 9.81. The van der Waals surface area contributed by atoms with E-state index in [2.05, 4.69) is 46.7 Å². The minimum Gasteiger partial charge on any atom is -0.372 e. The zero-order valence-corrected chi connectivity index (χ0v) is 22.2. The molecule has 2 saturated heterocycles. The number of likely N-dealkylation sites (N-methyl/N-ethyl adjacent to an activating group) is 1. The fourth-order valence-corrected chi connectivity index (χ4v) is 5.57. The predicted octanol–water partition coefficient (Wildman–Crippen LogP) is 4.01. The molecule has 2 aromatic rings. The van der Waals surface area contributed by atoms with Crippen molar-refractivity contribution in [2.75, 3.05) is 51.2 Å². The van der Waals surface area contributed by atoms with Crippen LogP contribution in [0.3, 0.4) is 0 Å². The number of hydrogen-bond donors (Lipinski definition) is 2. The van der Waals surface area contributed by atoms with Crippen LogP contribution in [0.2, 0.25) is 0 Å². The number of Topliss-reactive ketones (excluding diaryl/α,β-unsaturated/α-hetero) is 1. The second-order valence-electron chi connectivity index (χ2n) is 10.3. The van der Waals surface area contributed by atoms with Crippen molar-refractivity contribution in [1.29, 1.82) is 0 Å². The molecule has 2 atom stereocenters. The number of nitrogens with zero attached hydrogens (tertiary/aromatic N) is 2. The van der Waals surface area contributed by atoms with E-state index in [0.717, 1.165) is 56.0 Å². The van der Waals surface area contributed by atoms with Gasteiger partial charge in [-0.25, -0.2) is 0 Å². The molecule has 2 heterocycles. The van der Waals surface area contributed by atoms with E-state index in [1.807, 2.05) is 43.1 Å². The highest BCUT2D eigenvalue weighted by molar-refractivity contribution is 6.03. The molecular weight excluding hydrogens is 448 g/mol. The Kier molecular flexibility index (Phi) is 8.81. The van der Waals surface area contributed by atoms with Gasteiger partial charge in [-0.15, -0.1) is 0 Å². The zero-order chi connectivity index (χ0) is 25.5. The summed E-state index contributed by atoms with van der Waals surface area (Å²) in [4.78, 5) is 31.0. The molecule has 0 spiro atoms. The first-order valence-corrected chi connectivity index (χ1v) is 13.6. The van der Waals surface area contributed by atoms with Gasteiger partial charge in [-0.1, -0.05) is 31.2 Å². The highest BCUT2D eigenvalue weighted by atomic mass is 16.2. The summed E-state index contributed by atoms with van der Waals surface area (Å²) < 4.78 is 0. The Morgan fingerprint density at radius 2 is 1.58 bits per heavy atom. The number of piperazine rings is 1. The SMILES string of the molecule is CCC(Cc1ccc(C(C)C(=O)N2CCNCC2)cc1)(NC)C(=O)c1ccc(N2CCCCC2)cc1. The van der Waals surface area contributed by atoms with Crippen LogP contribution in [0.5, 0.6) is 0 Å². The normalized spacial score (nSPS) is 19.0. The van der Waals surface area contributed by atoms with E-state index < -0.39 is 5.54 Å². The van der Waals surface area contributed by atoms with Gasteiger partial charge in [0.1, 0.15) is 0 Å². The number of carbonyl (C=O) groups is 2. The standard InChI is InChI=1S/C30H42N4O2/c1-4-30(31-3,28(35)26-12-14-27(15-13-26)33-18-6-5-7-19-33)22-24-8-10-25(11-9-24)23(2)29(36)34-20-16-32-17-21-34/h8-15,23,31-32H,4-7,16-22H2,1-3H3. The van der Waals surface area contributed by atoms with Crippen molar-refractivity contribution < 1.29 is 9.59 Å². The van der Waals surface area contributed by atoms with Gasteiger partial charge in [0, 0.05) is 50.5 Å². The third kappa shape index (κ3) is 5.81. The summed E-state index contributed by atoms with van der Waals surface area (Å²) in [5.74, 6) is 0.145. The van der Waals surface area contributed by atoms with Crippen molar-refractivity contribution >= 4 is 17.4 Å². The molecule has 2 aliphatic heterocycles. The number of benzene rings is 2. The average molecular weight is 491 g/mol. The monoisotopic (exact) mass is 490 g/mol. The number of nitrogens with one attached hydrogen (secondary N) is 2. The van der Waals surface area contributed by atoms with Gasteiger partial charge >= 0.3 is 0 Å². The second kappa shape index (κ2) is 12.0. The average Bonchev–Trinajstić information content (AvgIpc) is 2.96. The molecule has 2 aliphatic rings. The third-order valence-corrected chi connectivity index (χ3v) is 8.15. The maximum atomic E-state index is 13.7. The quantitative estimate of drug-likeness (QED) is 0.520. The number of piperidine rings is 1. The lowest BCUT2D eigenvalue weighted by molar-refractivity contribution is -0.133. The van der Waals surface area contributed by atoms with Gasteiger partial charge < -0.3 is 20.4 Å². The molecule has 0 radical (unpaired) electrons. The van der Waals surface area contributed by atoms with Crippen LogP contribution in [0.25, 0.3) is 0 Å². The lowest BCUT2D eigenvalue weighted by Gasteiger charge is -2.32. The highest BCUT2D eigenvalue weighted by Gasteiger charge is 2.36. The molecule has 0 saturated carbocycles. The molecule has 0 aromatic heterocycles. The topological polar surface area (TPSA) is 64.7 Å². The van der Waals surface area contributed by atoms with Crippen LogP contribution < -0.4 is 15.5 Å². The molecule has 2 fully saturated rings. The van der Waals surface area contributed by atoms with Gasteiger partial charge in [-0.3, -0.25) is 9.59 Å². The Morgan fingerprint density at radius 3 is 2.17 bits per heavy atom. The first-order valence-electron chi connectivity index (χ1n) is 13.6. The molecule has 2 aromatic carbocycles. The van der Waals surface area contributed by atoms with Gasteiger partial charge in [0.2, 0.25) is 5.91 Å². The van der Waals surface area contributed by atoms with Crippen LogP contribution >= 0.6 is 0 Å². The van der Waals surface area contributed by atoms with E-state index in [0.29, 0.717) is 12.8 Å². The summed E-state index contributed by atoms with van der Waals surface area (Å²) in [7, 11) is 1.88. The first kappa shape index (κ1) is 26.4. The largest absolute Gasteiger partial charge is 0.372 e. The summed E-state index contributed by atoms with van der Waals surface area (Å²) in [6.07, 6.45) is 5.07. The molecular formula is C30H42N4O2. The maximum absolute atomic E-state index is 13.7. The summed E-state index contributed by atoms with van der Waals surface area (Å²) in [6, 6.07) is 16.4. The number of ketones is 1. The summed E-state index contributed by atoms with van der Waals surface area (Å²) in [6.45, 7) is 9.49. The second-order valence-corrected chi connectivity index (χ2v) is 10.3. The van der Waals surface area contributed by atoms with Crippen molar-refractivity contribution in [3.8, 4) is 0 Å². The van der Waals surface area contributed by atoms with E-state index in [9.17, 15) is 9.59 Å². The summed E-state index contributed by atoms with van der Waals surface area (Å²) in [5.41, 5.74) is 3.40.